The number of aliphatic hydroxyl groups is 1. The molecule has 1 aromatic carbocycles. The first-order valence-electron chi connectivity index (χ1n) is 11.8. The second kappa shape index (κ2) is 15.8. The van der Waals surface area contributed by atoms with Gasteiger partial charge in [0, 0.05) is 6.61 Å². The van der Waals surface area contributed by atoms with Gasteiger partial charge in [0.25, 0.3) is 0 Å². The first-order valence-corrected chi connectivity index (χ1v) is 11.8. The van der Waals surface area contributed by atoms with Gasteiger partial charge in [0.15, 0.2) is 11.5 Å². The molecule has 3 N–H and O–H groups in total. The molecular formula is C24H42Cl2N2O5. The maximum atomic E-state index is 10.4. The highest BCUT2D eigenvalue weighted by atomic mass is 35.5. The zero-order valence-corrected chi connectivity index (χ0v) is 21.8. The van der Waals surface area contributed by atoms with Crippen molar-refractivity contribution in [2.45, 2.75) is 44.8 Å². The van der Waals surface area contributed by atoms with E-state index in [0.29, 0.717) is 24.0 Å². The number of aliphatic hydroxyl groups excluding tert-OH is 1. The summed E-state index contributed by atoms with van der Waals surface area (Å²) in [6.07, 6.45) is 6.25. The van der Waals surface area contributed by atoms with Gasteiger partial charge in [-0.2, -0.15) is 0 Å². The predicted octanol–water partition coefficient (Wildman–Crippen LogP) is -6.04. The second-order valence-electron chi connectivity index (χ2n) is 9.07. The molecule has 1 heterocycles. The smallest absolute Gasteiger partial charge is 0.203 e. The summed E-state index contributed by atoms with van der Waals surface area (Å²) in [6.45, 7) is 7.22. The number of piperazine rings is 1. The van der Waals surface area contributed by atoms with E-state index in [2.05, 4.69) is 6.07 Å². The number of nitrogens with one attached hydrogen (secondary N) is 2. The fourth-order valence-corrected chi connectivity index (χ4v) is 5.03. The van der Waals surface area contributed by atoms with Crippen LogP contribution in [0, 0.1) is 5.92 Å². The minimum absolute atomic E-state index is 0. The molecule has 0 spiro atoms. The normalized spacial score (nSPS) is 21.9. The number of quaternary nitrogens is 2. The Morgan fingerprint density at radius 1 is 0.879 bits per heavy atom. The molecule has 0 amide bonds. The highest BCUT2D eigenvalue weighted by Gasteiger charge is 2.27. The Kier molecular flexibility index (Phi) is 14.4. The van der Waals surface area contributed by atoms with Crippen LogP contribution in [0.1, 0.15) is 37.7 Å². The van der Waals surface area contributed by atoms with Crippen molar-refractivity contribution >= 4 is 0 Å². The first kappa shape index (κ1) is 30.1. The largest absolute Gasteiger partial charge is 1.00 e. The molecule has 1 aliphatic carbocycles. The number of methoxy groups -OCH3 is 3. The number of halogens is 2. The van der Waals surface area contributed by atoms with E-state index in [0.717, 1.165) is 57.2 Å². The first-order chi connectivity index (χ1) is 15.1. The zero-order chi connectivity index (χ0) is 22.1. The Hall–Kier alpha value is -0.960. The van der Waals surface area contributed by atoms with Gasteiger partial charge >= 0.3 is 0 Å². The van der Waals surface area contributed by atoms with Gasteiger partial charge in [0.1, 0.15) is 45.4 Å². The van der Waals surface area contributed by atoms with Crippen molar-refractivity contribution in [3.8, 4) is 17.2 Å². The summed E-state index contributed by atoms with van der Waals surface area (Å²) in [5.74, 6) is 2.80. The molecular weight excluding hydrogens is 467 g/mol. The Morgan fingerprint density at radius 2 is 1.52 bits per heavy atom. The van der Waals surface area contributed by atoms with Crippen LogP contribution in [0.4, 0.5) is 0 Å². The summed E-state index contributed by atoms with van der Waals surface area (Å²) in [7, 11) is 4.96. The number of ether oxygens (including phenoxy) is 4. The van der Waals surface area contributed by atoms with Gasteiger partial charge < -0.3 is 58.7 Å². The van der Waals surface area contributed by atoms with E-state index >= 15 is 0 Å². The summed E-state index contributed by atoms with van der Waals surface area (Å²) in [6, 6.07) is 4.02. The molecule has 1 aromatic rings. The molecule has 2 fully saturated rings. The van der Waals surface area contributed by atoms with Crippen LogP contribution in [-0.2, 0) is 11.3 Å². The lowest BCUT2D eigenvalue weighted by molar-refractivity contribution is -1.02. The number of benzene rings is 1. The van der Waals surface area contributed by atoms with Crippen LogP contribution in [0.3, 0.4) is 0 Å². The molecule has 33 heavy (non-hydrogen) atoms. The van der Waals surface area contributed by atoms with Crippen molar-refractivity contribution in [3.05, 3.63) is 17.7 Å². The molecule has 192 valence electrons. The van der Waals surface area contributed by atoms with Gasteiger partial charge in [-0.05, 0) is 30.9 Å². The van der Waals surface area contributed by atoms with Crippen LogP contribution >= 0.6 is 0 Å². The zero-order valence-electron chi connectivity index (χ0n) is 20.3. The van der Waals surface area contributed by atoms with E-state index < -0.39 is 0 Å². The maximum Gasteiger partial charge on any atom is 0.203 e. The summed E-state index contributed by atoms with van der Waals surface area (Å²) >= 11 is 0. The van der Waals surface area contributed by atoms with Crippen LogP contribution in [-0.4, -0.2) is 78.5 Å². The topological polar surface area (TPSA) is 66.0 Å². The maximum absolute atomic E-state index is 10.4. The Bertz CT molecular complexity index is 668. The molecule has 0 aromatic heterocycles. The quantitative estimate of drug-likeness (QED) is 0.277. The molecule has 0 radical (unpaired) electrons. The second-order valence-corrected chi connectivity index (χ2v) is 9.07. The monoisotopic (exact) mass is 508 g/mol. The molecule has 7 nitrogen and oxygen atoms in total. The van der Waals surface area contributed by atoms with E-state index in [4.69, 9.17) is 18.9 Å². The molecule has 3 rings (SSSR count). The van der Waals surface area contributed by atoms with Gasteiger partial charge in [-0.1, -0.05) is 19.3 Å². The summed E-state index contributed by atoms with van der Waals surface area (Å²) in [5, 5.41) is 10.4. The minimum Gasteiger partial charge on any atom is -1.00 e. The van der Waals surface area contributed by atoms with Crippen LogP contribution in [0.15, 0.2) is 12.1 Å². The Balaban J connectivity index is 0.00000272. The van der Waals surface area contributed by atoms with Crippen molar-refractivity contribution < 1.29 is 58.7 Å². The molecule has 1 atom stereocenters. The van der Waals surface area contributed by atoms with Crippen molar-refractivity contribution in [3.63, 3.8) is 0 Å². The van der Waals surface area contributed by atoms with E-state index in [1.807, 2.05) is 6.07 Å². The molecule has 1 saturated carbocycles. The standard InChI is InChI=1S/C24H40N2O5.2ClH/c1-28-22-10-9-20(23(29-2)24(22)30-3)15-25-11-13-26(14-12-25)16-21(27)18-31-17-19-7-5-4-6-8-19;;/h9-10,19,21,27H,4-8,11-18H2,1-3H3;2*1H. The Morgan fingerprint density at radius 3 is 2.12 bits per heavy atom. The van der Waals surface area contributed by atoms with Gasteiger partial charge in [0.2, 0.25) is 5.75 Å². The fourth-order valence-electron chi connectivity index (χ4n) is 5.03. The molecule has 9 heteroatoms. The van der Waals surface area contributed by atoms with E-state index in [1.54, 1.807) is 21.3 Å². The summed E-state index contributed by atoms with van der Waals surface area (Å²) in [5.41, 5.74) is 1.13. The van der Waals surface area contributed by atoms with E-state index in [9.17, 15) is 5.11 Å². The van der Waals surface area contributed by atoms with Crippen LogP contribution in [0.25, 0.3) is 0 Å². The highest BCUT2D eigenvalue weighted by Crippen LogP contribution is 2.39. The number of hydrogen-bond donors (Lipinski definition) is 3. The van der Waals surface area contributed by atoms with E-state index in [-0.39, 0.29) is 30.9 Å². The SMILES string of the molecule is COc1ccc(C[NH+]2CC[NH+](CC(O)COCC3CCCCC3)CC2)c(OC)c1OC.[Cl-].[Cl-]. The highest BCUT2D eigenvalue weighted by molar-refractivity contribution is 5.55. The fraction of sp³-hybridized carbons (Fsp3) is 0.750. The lowest BCUT2D eigenvalue weighted by atomic mass is 9.90. The average Bonchev–Trinajstić information content (AvgIpc) is 2.80. The summed E-state index contributed by atoms with van der Waals surface area (Å²) < 4.78 is 22.4. The lowest BCUT2D eigenvalue weighted by Crippen LogP contribution is -3.28. The molecule has 1 saturated heterocycles. The Labute approximate surface area is 211 Å². The molecule has 2 aliphatic rings. The van der Waals surface area contributed by atoms with Gasteiger partial charge in [-0.3, -0.25) is 0 Å². The van der Waals surface area contributed by atoms with Crippen molar-refractivity contribution in [1.82, 2.24) is 0 Å². The van der Waals surface area contributed by atoms with Crippen molar-refractivity contribution in [2.75, 3.05) is 67.3 Å². The number of hydrogen-bond acceptors (Lipinski definition) is 5. The third kappa shape index (κ3) is 8.96. The van der Waals surface area contributed by atoms with Crippen LogP contribution < -0.4 is 48.8 Å². The van der Waals surface area contributed by atoms with E-state index in [1.165, 1.54) is 41.9 Å². The third-order valence-corrected chi connectivity index (χ3v) is 6.80. The van der Waals surface area contributed by atoms with Crippen molar-refractivity contribution in [2.24, 2.45) is 5.92 Å². The molecule has 1 unspecified atom stereocenters. The van der Waals surface area contributed by atoms with Crippen LogP contribution in [0.5, 0.6) is 17.2 Å². The lowest BCUT2D eigenvalue weighted by Gasteiger charge is -2.31. The van der Waals surface area contributed by atoms with Crippen molar-refractivity contribution in [1.29, 1.82) is 0 Å². The van der Waals surface area contributed by atoms with Gasteiger partial charge in [0.05, 0.1) is 33.5 Å². The van der Waals surface area contributed by atoms with Crippen LogP contribution in [0.2, 0.25) is 0 Å². The third-order valence-electron chi connectivity index (χ3n) is 6.80. The average molecular weight is 510 g/mol. The summed E-state index contributed by atoms with van der Waals surface area (Å²) in [4.78, 5) is 2.99. The predicted molar refractivity (Wildman–Crippen MR) is 119 cm³/mol. The van der Waals surface area contributed by atoms with Gasteiger partial charge in [-0.25, -0.2) is 0 Å². The number of rotatable bonds is 11. The minimum atomic E-state index is -0.369. The molecule has 1 aliphatic heterocycles. The van der Waals surface area contributed by atoms with Gasteiger partial charge in [-0.15, -0.1) is 0 Å². The molecule has 0 bridgehead atoms.